The van der Waals surface area contributed by atoms with Crippen molar-refractivity contribution in [3.05, 3.63) is 66.2 Å². The largest absolute Gasteiger partial charge is 0.494 e. The number of anilines is 1. The molecule has 3 heterocycles. The first kappa shape index (κ1) is 29.8. The first-order chi connectivity index (χ1) is 20.8. The maximum atomic E-state index is 14.4. The van der Waals surface area contributed by atoms with Crippen LogP contribution in [-0.2, 0) is 25.7 Å². The highest BCUT2D eigenvalue weighted by Gasteiger charge is 2.72. The fourth-order valence-electron chi connectivity index (χ4n) is 7.53. The van der Waals surface area contributed by atoms with Crippen molar-refractivity contribution in [1.82, 2.24) is 10.2 Å². The Morgan fingerprint density at radius 1 is 1.12 bits per heavy atom. The number of thioether (sulfide) groups is 1. The molecule has 2 bridgehead atoms. The van der Waals surface area contributed by atoms with Crippen LogP contribution in [0, 0.1) is 23.7 Å². The highest BCUT2D eigenvalue weighted by Crippen LogP contribution is 2.55. The van der Waals surface area contributed by atoms with Crippen LogP contribution >= 0.6 is 11.8 Å². The standard InChI is InChI=1S/C34H41N3O5S/c1-5-41-26-15-7-6-11-22(26)19-37-30(32(39)36-25-14-8-10-20(2)21(25)3)34-17-16-27(42-34)28(29(34)33(37)40)31(38)35-23-12-9-13-24(18-23)43-4/h6-7,9,11-13,15-18,20-21,25,27-30H,5,8,10,14,19H2,1-4H3,(H,35,38)(H,36,39)/t20-,21+,25+,27-,28+,29-,30-,34-/m0/s1. The predicted octanol–water partition coefficient (Wildman–Crippen LogP) is 5.04. The number of ether oxygens (including phenoxy) is 2. The fraction of sp³-hybridized carbons (Fsp3) is 0.500. The Labute approximate surface area is 257 Å². The molecule has 6 rings (SSSR count). The van der Waals surface area contributed by atoms with Gasteiger partial charge in [-0.25, -0.2) is 0 Å². The summed E-state index contributed by atoms with van der Waals surface area (Å²) >= 11 is 1.59. The lowest BCUT2D eigenvalue weighted by Gasteiger charge is -2.38. The average molecular weight is 604 g/mol. The molecule has 0 aromatic heterocycles. The number of nitrogens with one attached hydrogen (secondary N) is 2. The van der Waals surface area contributed by atoms with Gasteiger partial charge in [-0.3, -0.25) is 14.4 Å². The molecule has 3 amide bonds. The summed E-state index contributed by atoms with van der Waals surface area (Å²) in [5.74, 6) is -0.836. The number of benzene rings is 2. The quantitative estimate of drug-likeness (QED) is 0.308. The summed E-state index contributed by atoms with van der Waals surface area (Å²) in [7, 11) is 0. The lowest BCUT2D eigenvalue weighted by Crippen LogP contribution is -2.57. The van der Waals surface area contributed by atoms with Crippen molar-refractivity contribution in [2.75, 3.05) is 18.2 Å². The molecule has 1 spiro atoms. The number of fused-ring (bicyclic) bond motifs is 1. The maximum absolute atomic E-state index is 14.4. The summed E-state index contributed by atoms with van der Waals surface area (Å²) < 4.78 is 12.4. The molecule has 2 N–H and O–H groups in total. The first-order valence-electron chi connectivity index (χ1n) is 15.4. The van der Waals surface area contributed by atoms with Crippen molar-refractivity contribution in [2.24, 2.45) is 23.7 Å². The Bertz CT molecular complexity index is 1430. The molecule has 3 aliphatic heterocycles. The zero-order valence-corrected chi connectivity index (χ0v) is 26.1. The van der Waals surface area contributed by atoms with Gasteiger partial charge in [0.1, 0.15) is 17.4 Å². The van der Waals surface area contributed by atoms with Crippen LogP contribution in [0.15, 0.2) is 65.6 Å². The van der Waals surface area contributed by atoms with Crippen molar-refractivity contribution < 1.29 is 23.9 Å². The van der Waals surface area contributed by atoms with E-state index in [-0.39, 0.29) is 30.3 Å². The number of carbonyl (C=O) groups excluding carboxylic acids is 3. The topological polar surface area (TPSA) is 97.0 Å². The van der Waals surface area contributed by atoms with Crippen LogP contribution < -0.4 is 15.4 Å². The molecule has 9 heteroatoms. The van der Waals surface area contributed by atoms with Gasteiger partial charge in [0.15, 0.2) is 0 Å². The van der Waals surface area contributed by atoms with E-state index in [2.05, 4.69) is 24.5 Å². The van der Waals surface area contributed by atoms with Crippen LogP contribution in [0.5, 0.6) is 5.75 Å². The fourth-order valence-corrected chi connectivity index (χ4v) is 7.99. The van der Waals surface area contributed by atoms with E-state index in [9.17, 15) is 14.4 Å². The van der Waals surface area contributed by atoms with Gasteiger partial charge in [-0.15, -0.1) is 11.8 Å². The number of hydrogen-bond acceptors (Lipinski definition) is 6. The highest BCUT2D eigenvalue weighted by molar-refractivity contribution is 7.98. The lowest BCUT2D eigenvalue weighted by molar-refractivity contribution is -0.142. The van der Waals surface area contributed by atoms with Crippen molar-refractivity contribution in [3.63, 3.8) is 0 Å². The molecule has 8 nitrogen and oxygen atoms in total. The van der Waals surface area contributed by atoms with Gasteiger partial charge in [0.25, 0.3) is 0 Å². The highest BCUT2D eigenvalue weighted by atomic mass is 32.2. The van der Waals surface area contributed by atoms with Gasteiger partial charge in [0.05, 0.1) is 31.1 Å². The van der Waals surface area contributed by atoms with E-state index in [1.165, 1.54) is 0 Å². The van der Waals surface area contributed by atoms with Gasteiger partial charge in [-0.05, 0) is 55.7 Å². The van der Waals surface area contributed by atoms with Gasteiger partial charge in [-0.2, -0.15) is 0 Å². The van der Waals surface area contributed by atoms with Crippen LogP contribution in [0.25, 0.3) is 0 Å². The Kier molecular flexibility index (Phi) is 8.31. The smallest absolute Gasteiger partial charge is 0.246 e. The van der Waals surface area contributed by atoms with Gasteiger partial charge in [-0.1, -0.05) is 63.1 Å². The van der Waals surface area contributed by atoms with Gasteiger partial charge >= 0.3 is 0 Å². The van der Waals surface area contributed by atoms with Crippen LogP contribution in [0.2, 0.25) is 0 Å². The van der Waals surface area contributed by atoms with E-state index < -0.39 is 29.6 Å². The Hall–Kier alpha value is -3.30. The molecule has 0 unspecified atom stereocenters. The van der Waals surface area contributed by atoms with Gasteiger partial charge < -0.3 is 25.0 Å². The number of likely N-dealkylation sites (tertiary alicyclic amines) is 1. The molecular formula is C34H41N3O5S. The van der Waals surface area contributed by atoms with Crippen molar-refractivity contribution in [2.45, 2.75) is 75.3 Å². The molecule has 2 aromatic rings. The normalized spacial score (nSPS) is 32.5. The second-order valence-corrected chi connectivity index (χ2v) is 13.2. The molecule has 0 radical (unpaired) electrons. The summed E-state index contributed by atoms with van der Waals surface area (Å²) in [6.45, 7) is 6.99. The van der Waals surface area contributed by atoms with Crippen LogP contribution in [0.1, 0.15) is 45.6 Å². The molecule has 43 heavy (non-hydrogen) atoms. The Morgan fingerprint density at radius 3 is 2.72 bits per heavy atom. The molecule has 1 saturated carbocycles. The van der Waals surface area contributed by atoms with E-state index in [1.807, 2.05) is 73.9 Å². The lowest BCUT2D eigenvalue weighted by atomic mass is 9.73. The second kappa shape index (κ2) is 12.0. The summed E-state index contributed by atoms with van der Waals surface area (Å²) in [6.07, 6.45) is 8.22. The summed E-state index contributed by atoms with van der Waals surface area (Å²) in [5, 5.41) is 6.35. The molecule has 228 valence electrons. The molecule has 4 aliphatic rings. The van der Waals surface area contributed by atoms with E-state index in [1.54, 1.807) is 16.7 Å². The van der Waals surface area contributed by atoms with E-state index in [4.69, 9.17) is 9.47 Å². The first-order valence-corrected chi connectivity index (χ1v) is 16.6. The SMILES string of the molecule is CCOc1ccccc1CN1C(=O)[C@@H]2[C@H](C(=O)Nc3cccc(SC)c3)[C@@H]3C=C[C@@]2(O3)[C@@H]1C(=O)N[C@@H]1CCC[C@H](C)[C@H]1C. The van der Waals surface area contributed by atoms with Gasteiger partial charge in [0.2, 0.25) is 17.7 Å². The van der Waals surface area contributed by atoms with E-state index in [0.717, 1.165) is 29.7 Å². The molecule has 2 saturated heterocycles. The third-order valence-electron chi connectivity index (χ3n) is 9.91. The van der Waals surface area contributed by atoms with Crippen LogP contribution in [0.4, 0.5) is 5.69 Å². The van der Waals surface area contributed by atoms with Gasteiger partial charge in [0, 0.05) is 22.2 Å². The third-order valence-corrected chi connectivity index (χ3v) is 10.6. The second-order valence-electron chi connectivity index (χ2n) is 12.3. The molecule has 3 fully saturated rings. The number of amides is 3. The minimum Gasteiger partial charge on any atom is -0.494 e. The van der Waals surface area contributed by atoms with Crippen LogP contribution in [-0.4, -0.2) is 59.3 Å². The summed E-state index contributed by atoms with van der Waals surface area (Å²) in [6, 6.07) is 14.3. The number of rotatable bonds is 9. The monoisotopic (exact) mass is 603 g/mol. The van der Waals surface area contributed by atoms with Crippen molar-refractivity contribution in [1.29, 1.82) is 0 Å². The zero-order valence-electron chi connectivity index (χ0n) is 25.2. The molecule has 2 aromatic carbocycles. The van der Waals surface area contributed by atoms with Crippen LogP contribution in [0.3, 0.4) is 0 Å². The maximum Gasteiger partial charge on any atom is 0.246 e. The van der Waals surface area contributed by atoms with Crippen molar-refractivity contribution >= 4 is 35.2 Å². The molecular weight excluding hydrogens is 562 g/mol. The van der Waals surface area contributed by atoms with E-state index in [0.29, 0.717) is 29.9 Å². The number of hydrogen-bond donors (Lipinski definition) is 2. The van der Waals surface area contributed by atoms with Crippen molar-refractivity contribution in [3.8, 4) is 5.75 Å². The minimum atomic E-state index is -1.22. The number of carbonyl (C=O) groups is 3. The summed E-state index contributed by atoms with van der Waals surface area (Å²) in [4.78, 5) is 45.3. The number of para-hydroxylation sites is 1. The number of nitrogens with zero attached hydrogens (tertiary/aromatic N) is 1. The average Bonchev–Trinajstić information content (AvgIpc) is 3.64. The minimum absolute atomic E-state index is 0.0183. The zero-order chi connectivity index (χ0) is 30.3. The third kappa shape index (κ3) is 5.24. The predicted molar refractivity (Wildman–Crippen MR) is 167 cm³/mol. The molecule has 1 aliphatic carbocycles. The molecule has 8 atom stereocenters. The summed E-state index contributed by atoms with van der Waals surface area (Å²) in [5.41, 5.74) is 0.249. The Morgan fingerprint density at radius 2 is 1.93 bits per heavy atom. The Balaban J connectivity index is 1.34. The van der Waals surface area contributed by atoms with E-state index >= 15 is 0 Å².